The summed E-state index contributed by atoms with van der Waals surface area (Å²) < 4.78 is 0. The number of guanidine groups is 2. The highest BCUT2D eigenvalue weighted by atomic mass is 35.5. The first-order chi connectivity index (χ1) is 13.6. The van der Waals surface area contributed by atoms with Gasteiger partial charge in [-0.1, -0.05) is 58.5 Å². The molecule has 0 aliphatic rings. The van der Waals surface area contributed by atoms with Gasteiger partial charge in [0.2, 0.25) is 5.96 Å². The summed E-state index contributed by atoms with van der Waals surface area (Å²) >= 11 is 23.4. The van der Waals surface area contributed by atoms with Crippen molar-refractivity contribution in [3.63, 3.8) is 0 Å². The number of rotatable bonds is 4. The molecule has 0 fully saturated rings. The standard InChI is InChI=1S/C9H9Cl2N3O.C8H8Cl2N4/c10-6-2-1-3-7(11)5(6)4-8(15)14-9(12)13;9-6-2-1-3-7(10)5(6)4-13-14-8(11)12/h1-3H,4H2,(H4,12,13,14,15);1-4H,(H4,11,12,14)/b;13-4+. The van der Waals surface area contributed by atoms with Crippen LogP contribution in [0.3, 0.4) is 0 Å². The zero-order valence-corrected chi connectivity index (χ0v) is 17.8. The van der Waals surface area contributed by atoms with E-state index in [1.165, 1.54) is 6.21 Å². The number of nitrogens with two attached hydrogens (primary N) is 4. The van der Waals surface area contributed by atoms with E-state index < -0.39 is 5.91 Å². The highest BCUT2D eigenvalue weighted by Gasteiger charge is 2.10. The number of carbonyl (C=O) groups excluding carboxylic acids is 1. The van der Waals surface area contributed by atoms with Crippen molar-refractivity contribution >= 4 is 70.4 Å². The van der Waals surface area contributed by atoms with Gasteiger partial charge in [0.1, 0.15) is 0 Å². The number of hydrogen-bond donors (Lipinski definition) is 4. The van der Waals surface area contributed by atoms with Gasteiger partial charge in [0.25, 0.3) is 5.91 Å². The van der Waals surface area contributed by atoms with Gasteiger partial charge < -0.3 is 22.9 Å². The first kappa shape index (κ1) is 24.5. The van der Waals surface area contributed by atoms with Crippen LogP contribution in [0.25, 0.3) is 0 Å². The third kappa shape index (κ3) is 9.01. The Labute approximate surface area is 187 Å². The van der Waals surface area contributed by atoms with E-state index in [1.54, 1.807) is 36.4 Å². The molecule has 154 valence electrons. The van der Waals surface area contributed by atoms with E-state index in [0.717, 1.165) is 0 Å². The van der Waals surface area contributed by atoms with Crippen LogP contribution in [-0.2, 0) is 11.2 Å². The molecule has 0 unspecified atom stereocenters. The number of carbonyl (C=O) groups is 1. The lowest BCUT2D eigenvalue weighted by Crippen LogP contribution is -2.24. The van der Waals surface area contributed by atoms with Crippen LogP contribution in [0.4, 0.5) is 0 Å². The molecule has 2 aromatic carbocycles. The number of nitrogens with zero attached hydrogens (tertiary/aromatic N) is 3. The lowest BCUT2D eigenvalue weighted by atomic mass is 10.1. The second kappa shape index (κ2) is 12.1. The van der Waals surface area contributed by atoms with Gasteiger partial charge in [-0.15, -0.1) is 5.10 Å². The minimum atomic E-state index is -0.481. The molecule has 0 bridgehead atoms. The average Bonchev–Trinajstić information content (AvgIpc) is 2.60. The molecule has 0 saturated carbocycles. The molecule has 0 atom stereocenters. The van der Waals surface area contributed by atoms with Crippen LogP contribution < -0.4 is 22.9 Å². The molecule has 2 rings (SSSR count). The Morgan fingerprint density at radius 1 is 0.828 bits per heavy atom. The van der Waals surface area contributed by atoms with Crippen LogP contribution in [0.5, 0.6) is 0 Å². The van der Waals surface area contributed by atoms with E-state index in [2.05, 4.69) is 15.2 Å². The second-order valence-corrected chi connectivity index (χ2v) is 6.84. The molecule has 8 nitrogen and oxygen atoms in total. The fraction of sp³-hybridized carbons (Fsp3) is 0.0588. The lowest BCUT2D eigenvalue weighted by Gasteiger charge is -2.03. The molecular formula is C17H17Cl4N7O. The van der Waals surface area contributed by atoms with E-state index in [0.29, 0.717) is 31.2 Å². The maximum absolute atomic E-state index is 11.3. The molecule has 0 spiro atoms. The molecule has 0 radical (unpaired) electrons. The fourth-order valence-corrected chi connectivity index (χ4v) is 2.85. The second-order valence-electron chi connectivity index (χ2n) is 5.21. The third-order valence-corrected chi connectivity index (χ3v) is 4.37. The van der Waals surface area contributed by atoms with Gasteiger partial charge in [-0.3, -0.25) is 4.79 Å². The minimum absolute atomic E-state index is 0.0175. The van der Waals surface area contributed by atoms with E-state index in [4.69, 9.17) is 69.3 Å². The van der Waals surface area contributed by atoms with Crippen molar-refractivity contribution in [2.24, 2.45) is 38.1 Å². The monoisotopic (exact) mass is 475 g/mol. The molecule has 0 aliphatic heterocycles. The Kier molecular flexibility index (Phi) is 10.3. The number of hydrogen-bond acceptors (Lipinski definition) is 3. The van der Waals surface area contributed by atoms with Gasteiger partial charge in [-0.05, 0) is 29.8 Å². The van der Waals surface area contributed by atoms with E-state index in [-0.39, 0.29) is 18.3 Å². The largest absolute Gasteiger partial charge is 0.370 e. The Morgan fingerprint density at radius 3 is 1.76 bits per heavy atom. The Bertz CT molecular complexity index is 912. The molecule has 1 amide bonds. The molecule has 0 heterocycles. The van der Waals surface area contributed by atoms with Crippen LogP contribution in [0, 0.1) is 0 Å². The topological polar surface area (TPSA) is 158 Å². The summed E-state index contributed by atoms with van der Waals surface area (Å²) in [4.78, 5) is 14.6. The van der Waals surface area contributed by atoms with Crippen LogP contribution in [-0.4, -0.2) is 24.0 Å². The third-order valence-electron chi connectivity index (χ3n) is 3.00. The zero-order chi connectivity index (χ0) is 22.0. The summed E-state index contributed by atoms with van der Waals surface area (Å²) in [5.74, 6) is -0.877. The zero-order valence-electron chi connectivity index (χ0n) is 14.8. The van der Waals surface area contributed by atoms with Crippen molar-refractivity contribution in [3.05, 3.63) is 67.6 Å². The quantitative estimate of drug-likeness (QED) is 0.303. The molecule has 2 aromatic rings. The number of amides is 1. The summed E-state index contributed by atoms with van der Waals surface area (Å²) in [6, 6.07) is 10.1. The predicted octanol–water partition coefficient (Wildman–Crippen LogP) is 2.94. The van der Waals surface area contributed by atoms with Crippen LogP contribution in [0.15, 0.2) is 51.6 Å². The van der Waals surface area contributed by atoms with E-state index >= 15 is 0 Å². The van der Waals surface area contributed by atoms with Gasteiger partial charge >= 0.3 is 0 Å². The first-order valence-electron chi connectivity index (χ1n) is 7.73. The Hall–Kier alpha value is -2.52. The van der Waals surface area contributed by atoms with Crippen LogP contribution >= 0.6 is 46.4 Å². The van der Waals surface area contributed by atoms with Crippen LogP contribution in [0.2, 0.25) is 20.1 Å². The first-order valence-corrected chi connectivity index (χ1v) is 9.24. The lowest BCUT2D eigenvalue weighted by molar-refractivity contribution is -0.117. The molecule has 0 aliphatic carbocycles. The summed E-state index contributed by atoms with van der Waals surface area (Å²) in [7, 11) is 0. The number of benzene rings is 2. The summed E-state index contributed by atoms with van der Waals surface area (Å²) in [5, 5.41) is 8.85. The van der Waals surface area contributed by atoms with E-state index in [1.807, 2.05) is 0 Å². The highest BCUT2D eigenvalue weighted by molar-refractivity contribution is 6.38. The van der Waals surface area contributed by atoms with Gasteiger partial charge in [0, 0.05) is 15.6 Å². The van der Waals surface area contributed by atoms with Crippen molar-refractivity contribution in [2.45, 2.75) is 6.42 Å². The summed E-state index contributed by atoms with van der Waals surface area (Å²) in [5.41, 5.74) is 21.4. The highest BCUT2D eigenvalue weighted by Crippen LogP contribution is 2.25. The molecule has 8 N–H and O–H groups in total. The smallest absolute Gasteiger partial charge is 0.253 e. The fourth-order valence-electron chi connectivity index (χ4n) is 1.82. The van der Waals surface area contributed by atoms with Crippen molar-refractivity contribution < 1.29 is 4.79 Å². The number of halogens is 4. The Morgan fingerprint density at radius 2 is 1.31 bits per heavy atom. The predicted molar refractivity (Wildman–Crippen MR) is 121 cm³/mol. The van der Waals surface area contributed by atoms with Crippen molar-refractivity contribution in [1.82, 2.24) is 0 Å². The van der Waals surface area contributed by atoms with Gasteiger partial charge in [0.15, 0.2) is 5.96 Å². The van der Waals surface area contributed by atoms with Gasteiger partial charge in [0.05, 0.1) is 22.7 Å². The average molecular weight is 477 g/mol. The van der Waals surface area contributed by atoms with Gasteiger partial charge in [-0.25, -0.2) is 0 Å². The minimum Gasteiger partial charge on any atom is -0.370 e. The molecule has 12 heteroatoms. The van der Waals surface area contributed by atoms with Crippen molar-refractivity contribution in [1.29, 1.82) is 0 Å². The summed E-state index contributed by atoms with van der Waals surface area (Å²) in [6.07, 6.45) is 1.38. The molecular weight excluding hydrogens is 460 g/mol. The maximum Gasteiger partial charge on any atom is 0.253 e. The maximum atomic E-state index is 11.3. The van der Waals surface area contributed by atoms with Crippen molar-refractivity contribution in [3.8, 4) is 0 Å². The van der Waals surface area contributed by atoms with Gasteiger partial charge in [-0.2, -0.15) is 10.1 Å². The molecule has 0 aromatic heterocycles. The number of aliphatic imine (C=N–C) groups is 1. The van der Waals surface area contributed by atoms with Crippen molar-refractivity contribution in [2.75, 3.05) is 0 Å². The molecule has 0 saturated heterocycles. The van der Waals surface area contributed by atoms with E-state index in [9.17, 15) is 4.79 Å². The molecule has 29 heavy (non-hydrogen) atoms. The normalized spacial score (nSPS) is 10.1. The van der Waals surface area contributed by atoms with Crippen LogP contribution in [0.1, 0.15) is 11.1 Å². The SMILES string of the molecule is NC(N)=N/N=C/c1c(Cl)cccc1Cl.NC(N)=NC(=O)Cc1c(Cl)cccc1Cl. The summed E-state index contributed by atoms with van der Waals surface area (Å²) in [6.45, 7) is 0. The Balaban J connectivity index is 0.000000291.